The number of rotatable bonds is 5. The molecular formula is C17H23N5O2. The maximum atomic E-state index is 12.7. The predicted octanol–water partition coefficient (Wildman–Crippen LogP) is 1.20. The highest BCUT2D eigenvalue weighted by Crippen LogP contribution is 2.30. The normalized spacial score (nSPS) is 18.1. The van der Waals surface area contributed by atoms with Crippen LogP contribution in [0.1, 0.15) is 31.4 Å². The summed E-state index contributed by atoms with van der Waals surface area (Å²) in [6.07, 6.45) is 4.49. The van der Waals surface area contributed by atoms with Crippen molar-refractivity contribution in [3.05, 3.63) is 42.5 Å². The van der Waals surface area contributed by atoms with Crippen LogP contribution in [0, 0.1) is 5.41 Å². The Bertz CT molecular complexity index is 663. The lowest BCUT2D eigenvalue weighted by Gasteiger charge is -2.35. The average molecular weight is 329 g/mol. The van der Waals surface area contributed by atoms with Gasteiger partial charge in [0.15, 0.2) is 0 Å². The highest BCUT2D eigenvalue weighted by atomic mass is 16.5. The van der Waals surface area contributed by atoms with Crippen molar-refractivity contribution in [2.75, 3.05) is 19.8 Å². The first-order valence-electron chi connectivity index (χ1n) is 8.18. The third-order valence-corrected chi connectivity index (χ3v) is 4.75. The summed E-state index contributed by atoms with van der Waals surface area (Å²) in [5.41, 5.74) is 7.35. The van der Waals surface area contributed by atoms with Gasteiger partial charge in [0.05, 0.1) is 17.1 Å². The summed E-state index contributed by atoms with van der Waals surface area (Å²) in [4.78, 5) is 16.7. The van der Waals surface area contributed by atoms with Crippen molar-refractivity contribution in [3.63, 3.8) is 0 Å². The van der Waals surface area contributed by atoms with Crippen LogP contribution < -0.4 is 11.1 Å². The number of carbonyl (C=O) groups excluding carboxylic acids is 1. The Morgan fingerprint density at radius 1 is 1.38 bits per heavy atom. The van der Waals surface area contributed by atoms with E-state index in [-0.39, 0.29) is 11.9 Å². The number of nitrogens with two attached hydrogens (primary N) is 1. The van der Waals surface area contributed by atoms with Crippen molar-refractivity contribution in [2.24, 2.45) is 11.1 Å². The summed E-state index contributed by atoms with van der Waals surface area (Å²) >= 11 is 0. The second kappa shape index (κ2) is 7.11. The third-order valence-electron chi connectivity index (χ3n) is 4.75. The Kier molecular flexibility index (Phi) is 4.92. The van der Waals surface area contributed by atoms with E-state index in [9.17, 15) is 4.79 Å². The predicted molar refractivity (Wildman–Crippen MR) is 89.5 cm³/mol. The van der Waals surface area contributed by atoms with Gasteiger partial charge in [-0.05, 0) is 37.5 Å². The Morgan fingerprint density at radius 2 is 2.08 bits per heavy atom. The van der Waals surface area contributed by atoms with Crippen LogP contribution in [0.15, 0.2) is 36.9 Å². The van der Waals surface area contributed by atoms with Crippen molar-refractivity contribution in [1.29, 1.82) is 0 Å². The molecule has 1 aliphatic heterocycles. The van der Waals surface area contributed by atoms with Crippen LogP contribution in [-0.2, 0) is 9.53 Å². The molecule has 1 aromatic heterocycles. The molecule has 1 fully saturated rings. The Balaban J connectivity index is 1.68. The van der Waals surface area contributed by atoms with Crippen molar-refractivity contribution in [3.8, 4) is 5.69 Å². The molecule has 0 aliphatic carbocycles. The van der Waals surface area contributed by atoms with E-state index in [1.807, 2.05) is 31.2 Å². The summed E-state index contributed by atoms with van der Waals surface area (Å²) in [5, 5.41) is 7.20. The number of hydrogen-bond acceptors (Lipinski definition) is 5. The topological polar surface area (TPSA) is 95.1 Å². The fourth-order valence-corrected chi connectivity index (χ4v) is 2.98. The molecule has 1 saturated heterocycles. The van der Waals surface area contributed by atoms with E-state index in [0.29, 0.717) is 32.6 Å². The van der Waals surface area contributed by atoms with Gasteiger partial charge in [-0.2, -0.15) is 5.10 Å². The Labute approximate surface area is 141 Å². The van der Waals surface area contributed by atoms with Crippen LogP contribution in [0.5, 0.6) is 0 Å². The van der Waals surface area contributed by atoms with Crippen LogP contribution in [0.25, 0.3) is 5.69 Å². The van der Waals surface area contributed by atoms with E-state index >= 15 is 0 Å². The minimum Gasteiger partial charge on any atom is -0.381 e. The van der Waals surface area contributed by atoms with Gasteiger partial charge < -0.3 is 15.8 Å². The van der Waals surface area contributed by atoms with Gasteiger partial charge in [0.2, 0.25) is 5.91 Å². The first-order chi connectivity index (χ1) is 11.6. The molecular weight excluding hydrogens is 306 g/mol. The second-order valence-electron chi connectivity index (χ2n) is 6.22. The fraction of sp³-hybridized carbons (Fsp3) is 0.471. The average Bonchev–Trinajstić information content (AvgIpc) is 3.17. The van der Waals surface area contributed by atoms with Gasteiger partial charge in [0.1, 0.15) is 12.7 Å². The van der Waals surface area contributed by atoms with Crippen LogP contribution in [0.4, 0.5) is 0 Å². The van der Waals surface area contributed by atoms with Gasteiger partial charge in [0.25, 0.3) is 0 Å². The van der Waals surface area contributed by atoms with E-state index in [4.69, 9.17) is 10.5 Å². The van der Waals surface area contributed by atoms with E-state index in [0.717, 1.165) is 11.3 Å². The zero-order valence-electron chi connectivity index (χ0n) is 13.8. The van der Waals surface area contributed by atoms with Gasteiger partial charge in [0, 0.05) is 19.8 Å². The van der Waals surface area contributed by atoms with Crippen molar-refractivity contribution < 1.29 is 9.53 Å². The number of benzene rings is 1. The van der Waals surface area contributed by atoms with E-state index < -0.39 is 5.41 Å². The first-order valence-corrected chi connectivity index (χ1v) is 8.18. The SMILES string of the molecule is CC(NC(=O)C1(CN)CCOCC1)c1ccc(-n2cncn2)cc1. The van der Waals surface area contributed by atoms with Gasteiger partial charge in [-0.1, -0.05) is 12.1 Å². The smallest absolute Gasteiger partial charge is 0.228 e. The summed E-state index contributed by atoms with van der Waals surface area (Å²) < 4.78 is 7.06. The Morgan fingerprint density at radius 3 is 2.67 bits per heavy atom. The van der Waals surface area contributed by atoms with Crippen molar-refractivity contribution in [1.82, 2.24) is 20.1 Å². The Hall–Kier alpha value is -2.25. The van der Waals surface area contributed by atoms with Crippen LogP contribution in [0.2, 0.25) is 0 Å². The lowest BCUT2D eigenvalue weighted by atomic mass is 9.79. The molecule has 7 heteroatoms. The minimum absolute atomic E-state index is 0.0150. The standard InChI is InChI=1S/C17H23N5O2/c1-13(21-16(23)17(10-18)6-8-24-9-7-17)14-2-4-15(5-3-14)22-12-19-11-20-22/h2-5,11-13H,6-10,18H2,1H3,(H,21,23). The number of hydrogen-bond donors (Lipinski definition) is 2. The van der Waals surface area contributed by atoms with Crippen molar-refractivity contribution in [2.45, 2.75) is 25.8 Å². The van der Waals surface area contributed by atoms with E-state index in [1.54, 1.807) is 11.0 Å². The zero-order valence-corrected chi connectivity index (χ0v) is 13.8. The molecule has 128 valence electrons. The highest BCUT2D eigenvalue weighted by Gasteiger charge is 2.39. The number of aromatic nitrogens is 3. The molecule has 0 saturated carbocycles. The molecule has 0 radical (unpaired) electrons. The summed E-state index contributed by atoms with van der Waals surface area (Å²) in [5.74, 6) is 0.0150. The highest BCUT2D eigenvalue weighted by molar-refractivity contribution is 5.83. The molecule has 1 amide bonds. The lowest BCUT2D eigenvalue weighted by Crippen LogP contribution is -2.49. The van der Waals surface area contributed by atoms with Crippen molar-refractivity contribution >= 4 is 5.91 Å². The number of nitrogens with zero attached hydrogens (tertiary/aromatic N) is 3. The first kappa shape index (κ1) is 16.6. The molecule has 1 aliphatic rings. The number of amides is 1. The number of ether oxygens (including phenoxy) is 1. The quantitative estimate of drug-likeness (QED) is 0.859. The molecule has 2 heterocycles. The summed E-state index contributed by atoms with van der Waals surface area (Å²) in [6.45, 7) is 3.50. The zero-order chi connectivity index (χ0) is 17.0. The molecule has 0 bridgehead atoms. The van der Waals surface area contributed by atoms with Gasteiger partial charge in [-0.3, -0.25) is 4.79 Å². The van der Waals surface area contributed by atoms with Gasteiger partial charge in [-0.25, -0.2) is 9.67 Å². The molecule has 2 aromatic rings. The summed E-state index contributed by atoms with van der Waals surface area (Å²) in [7, 11) is 0. The summed E-state index contributed by atoms with van der Waals surface area (Å²) in [6, 6.07) is 7.80. The second-order valence-corrected chi connectivity index (χ2v) is 6.22. The fourth-order valence-electron chi connectivity index (χ4n) is 2.98. The molecule has 1 atom stereocenters. The van der Waals surface area contributed by atoms with Gasteiger partial charge in [-0.15, -0.1) is 0 Å². The maximum absolute atomic E-state index is 12.7. The van der Waals surface area contributed by atoms with Crippen LogP contribution >= 0.6 is 0 Å². The van der Waals surface area contributed by atoms with E-state index in [1.165, 1.54) is 6.33 Å². The molecule has 1 unspecified atom stereocenters. The van der Waals surface area contributed by atoms with Crippen LogP contribution in [-0.4, -0.2) is 40.4 Å². The third kappa shape index (κ3) is 3.32. The lowest BCUT2D eigenvalue weighted by molar-refractivity contribution is -0.136. The van der Waals surface area contributed by atoms with Crippen LogP contribution in [0.3, 0.4) is 0 Å². The monoisotopic (exact) mass is 329 g/mol. The number of nitrogens with one attached hydrogen (secondary N) is 1. The molecule has 3 N–H and O–H groups in total. The molecule has 7 nitrogen and oxygen atoms in total. The molecule has 0 spiro atoms. The molecule has 1 aromatic carbocycles. The number of carbonyl (C=O) groups is 1. The molecule has 3 rings (SSSR count). The minimum atomic E-state index is -0.507. The maximum Gasteiger partial charge on any atom is 0.228 e. The van der Waals surface area contributed by atoms with Gasteiger partial charge >= 0.3 is 0 Å². The molecule has 24 heavy (non-hydrogen) atoms. The van der Waals surface area contributed by atoms with E-state index in [2.05, 4.69) is 15.4 Å². The largest absolute Gasteiger partial charge is 0.381 e.